The number of pyridine rings is 1. The lowest BCUT2D eigenvalue weighted by atomic mass is 10.2. The smallest absolute Gasteiger partial charge is 0.0346 e. The van der Waals surface area contributed by atoms with Crippen LogP contribution in [0, 0.1) is 0 Å². The highest BCUT2D eigenvalue weighted by Gasteiger charge is 1.95. The van der Waals surface area contributed by atoms with Crippen molar-refractivity contribution in [1.29, 1.82) is 0 Å². The van der Waals surface area contributed by atoms with E-state index in [4.69, 9.17) is 0 Å². The number of hydrogen-bond donors (Lipinski definition) is 0. The van der Waals surface area contributed by atoms with E-state index < -0.39 is 11.1 Å². The predicted octanol–water partition coefficient (Wildman–Crippen LogP) is 1.47. The summed E-state index contributed by atoms with van der Waals surface area (Å²) in [4.78, 5) is 4.24. The summed E-state index contributed by atoms with van der Waals surface area (Å²) in [6.07, 6.45) is 3.34. The van der Waals surface area contributed by atoms with Crippen LogP contribution in [0.4, 0.5) is 0 Å². The Hall–Kier alpha value is -1.26. The van der Waals surface area contributed by atoms with Crippen molar-refractivity contribution in [2.45, 2.75) is 4.90 Å². The molecule has 2 rings (SSSR count). The zero-order valence-corrected chi connectivity index (χ0v) is 7.45. The van der Waals surface area contributed by atoms with Crippen LogP contribution >= 0.6 is 0 Å². The van der Waals surface area contributed by atoms with Gasteiger partial charge < -0.3 is 4.55 Å². The molecule has 0 saturated carbocycles. The van der Waals surface area contributed by atoms with Gasteiger partial charge in [0.1, 0.15) is 0 Å². The van der Waals surface area contributed by atoms with E-state index in [-0.39, 0.29) is 0 Å². The maximum Gasteiger partial charge on any atom is 0.0346 e. The Bertz CT molecular complexity index is 470. The molecule has 1 heterocycles. The van der Waals surface area contributed by atoms with Gasteiger partial charge in [0.15, 0.2) is 0 Å². The number of hydrogen-bond acceptors (Lipinski definition) is 3. The molecule has 1 atom stereocenters. The summed E-state index contributed by atoms with van der Waals surface area (Å²) in [5.41, 5.74) is 0. The zero-order chi connectivity index (χ0) is 9.26. The van der Waals surface area contributed by atoms with Crippen molar-refractivity contribution in [2.75, 3.05) is 0 Å². The summed E-state index contributed by atoms with van der Waals surface area (Å²) in [7, 11) is 0. The maximum atomic E-state index is 10.6. The second-order valence-corrected chi connectivity index (χ2v) is 3.56. The summed E-state index contributed by atoms with van der Waals surface area (Å²) in [5.74, 6) is 0. The minimum Gasteiger partial charge on any atom is -0.768 e. The van der Waals surface area contributed by atoms with Crippen molar-refractivity contribution in [1.82, 2.24) is 4.98 Å². The quantitative estimate of drug-likeness (QED) is 0.643. The summed E-state index contributed by atoms with van der Waals surface area (Å²) < 4.78 is 21.3. The first kappa shape index (κ1) is 8.34. The molecule has 1 unspecified atom stereocenters. The van der Waals surface area contributed by atoms with E-state index in [1.807, 2.05) is 0 Å². The molecule has 0 aliphatic rings. The van der Waals surface area contributed by atoms with Gasteiger partial charge >= 0.3 is 0 Å². The van der Waals surface area contributed by atoms with Crippen LogP contribution in [0.15, 0.2) is 41.6 Å². The lowest BCUT2D eigenvalue weighted by Gasteiger charge is -2.05. The number of benzene rings is 1. The molecule has 2 aromatic rings. The van der Waals surface area contributed by atoms with Gasteiger partial charge in [-0.3, -0.25) is 9.19 Å². The van der Waals surface area contributed by atoms with Gasteiger partial charge in [0, 0.05) is 22.7 Å². The highest BCUT2D eigenvalue weighted by atomic mass is 32.2. The molecule has 66 valence electrons. The second-order valence-electron chi connectivity index (χ2n) is 2.62. The molecule has 0 spiro atoms. The average Bonchev–Trinajstić information content (AvgIpc) is 2.17. The van der Waals surface area contributed by atoms with Crippen LogP contribution in [0.1, 0.15) is 0 Å². The molecular formula is C9H6NO2S-. The molecule has 1 aromatic carbocycles. The third-order valence-corrected chi connectivity index (χ3v) is 2.44. The molecule has 13 heavy (non-hydrogen) atoms. The van der Waals surface area contributed by atoms with Crippen molar-refractivity contribution in [2.24, 2.45) is 0 Å². The minimum atomic E-state index is -2.16. The van der Waals surface area contributed by atoms with E-state index in [0.29, 0.717) is 4.90 Å². The Kier molecular flexibility index (Phi) is 2.08. The maximum absolute atomic E-state index is 10.6. The van der Waals surface area contributed by atoms with Gasteiger partial charge in [-0.25, -0.2) is 0 Å². The second kappa shape index (κ2) is 3.24. The fraction of sp³-hybridized carbons (Fsp3) is 0. The van der Waals surface area contributed by atoms with Crippen molar-refractivity contribution >= 4 is 21.9 Å². The molecular weight excluding hydrogens is 186 g/mol. The highest BCUT2D eigenvalue weighted by molar-refractivity contribution is 7.79. The Morgan fingerprint density at radius 1 is 1.23 bits per heavy atom. The first-order valence-electron chi connectivity index (χ1n) is 3.70. The number of fused-ring (bicyclic) bond motifs is 1. The van der Waals surface area contributed by atoms with Crippen molar-refractivity contribution in [3.05, 3.63) is 36.7 Å². The minimum absolute atomic E-state index is 0.304. The lowest BCUT2D eigenvalue weighted by molar-refractivity contribution is 0.537. The molecule has 1 aromatic heterocycles. The largest absolute Gasteiger partial charge is 0.768 e. The van der Waals surface area contributed by atoms with Crippen molar-refractivity contribution < 1.29 is 8.76 Å². The van der Waals surface area contributed by atoms with Crippen molar-refractivity contribution in [3.63, 3.8) is 0 Å². The van der Waals surface area contributed by atoms with Gasteiger partial charge in [0.05, 0.1) is 0 Å². The van der Waals surface area contributed by atoms with Gasteiger partial charge in [-0.1, -0.05) is 6.07 Å². The molecule has 0 amide bonds. The van der Waals surface area contributed by atoms with Crippen LogP contribution in [-0.2, 0) is 11.1 Å². The zero-order valence-electron chi connectivity index (χ0n) is 6.64. The van der Waals surface area contributed by atoms with Crippen molar-refractivity contribution in [3.8, 4) is 0 Å². The van der Waals surface area contributed by atoms with E-state index in [1.165, 1.54) is 0 Å². The molecule has 0 fully saturated rings. The number of rotatable bonds is 1. The molecule has 0 saturated heterocycles. The Morgan fingerprint density at radius 2 is 2.08 bits per heavy atom. The first-order chi connectivity index (χ1) is 6.27. The normalized spacial score (nSPS) is 13.0. The molecule has 0 aliphatic carbocycles. The van der Waals surface area contributed by atoms with Crippen LogP contribution in [0.2, 0.25) is 0 Å². The van der Waals surface area contributed by atoms with Gasteiger partial charge in [-0.05, 0) is 34.7 Å². The van der Waals surface area contributed by atoms with E-state index in [9.17, 15) is 8.76 Å². The monoisotopic (exact) mass is 192 g/mol. The molecule has 0 N–H and O–H groups in total. The topological polar surface area (TPSA) is 53.0 Å². The van der Waals surface area contributed by atoms with Gasteiger partial charge in [0.2, 0.25) is 0 Å². The van der Waals surface area contributed by atoms with E-state index in [0.717, 1.165) is 10.8 Å². The Balaban J connectivity index is 2.69. The fourth-order valence-corrected chi connectivity index (χ4v) is 1.57. The number of aromatic nitrogens is 1. The standard InChI is InChI=1S/C9H7NO2S/c11-13(12)9-2-1-8-6-10-4-3-7(8)5-9/h1-6H,(H,11,12)/p-1. The van der Waals surface area contributed by atoms with Crippen LogP contribution in [0.3, 0.4) is 0 Å². The van der Waals surface area contributed by atoms with Crippen LogP contribution in [0.25, 0.3) is 10.8 Å². The summed E-state index contributed by atoms with van der Waals surface area (Å²) in [6.45, 7) is 0. The van der Waals surface area contributed by atoms with Gasteiger partial charge in [0.25, 0.3) is 0 Å². The molecule has 0 bridgehead atoms. The van der Waals surface area contributed by atoms with Crippen LogP contribution in [0.5, 0.6) is 0 Å². The molecule has 0 radical (unpaired) electrons. The summed E-state index contributed by atoms with van der Waals surface area (Å²) >= 11 is -2.16. The van der Waals surface area contributed by atoms with E-state index >= 15 is 0 Å². The Labute approximate surface area is 77.7 Å². The fourth-order valence-electron chi connectivity index (χ4n) is 1.17. The third-order valence-electron chi connectivity index (χ3n) is 1.80. The van der Waals surface area contributed by atoms with Crippen LogP contribution in [-0.4, -0.2) is 13.7 Å². The lowest BCUT2D eigenvalue weighted by Crippen LogP contribution is -1.88. The van der Waals surface area contributed by atoms with Crippen LogP contribution < -0.4 is 0 Å². The number of nitrogens with zero attached hydrogens (tertiary/aromatic N) is 1. The molecule has 3 nitrogen and oxygen atoms in total. The van der Waals surface area contributed by atoms with E-state index in [1.54, 1.807) is 36.7 Å². The Morgan fingerprint density at radius 3 is 2.85 bits per heavy atom. The van der Waals surface area contributed by atoms with Gasteiger partial charge in [-0.2, -0.15) is 0 Å². The van der Waals surface area contributed by atoms with E-state index in [2.05, 4.69) is 4.98 Å². The first-order valence-corrected chi connectivity index (χ1v) is 4.78. The third kappa shape index (κ3) is 1.59. The van der Waals surface area contributed by atoms with Gasteiger partial charge in [-0.15, -0.1) is 0 Å². The highest BCUT2D eigenvalue weighted by Crippen LogP contribution is 2.15. The molecule has 0 aliphatic heterocycles. The SMILES string of the molecule is O=S([O-])c1ccc2cnccc2c1. The summed E-state index contributed by atoms with van der Waals surface area (Å²) in [6, 6.07) is 6.71. The average molecular weight is 192 g/mol. The summed E-state index contributed by atoms with van der Waals surface area (Å²) in [5, 5.41) is 1.83. The predicted molar refractivity (Wildman–Crippen MR) is 48.9 cm³/mol. The molecule has 4 heteroatoms.